The summed E-state index contributed by atoms with van der Waals surface area (Å²) in [4.78, 5) is 24.8. The number of nitrogens with one attached hydrogen (secondary N) is 1. The number of benzene rings is 1. The van der Waals surface area contributed by atoms with Crippen molar-refractivity contribution in [3.63, 3.8) is 0 Å². The minimum Gasteiger partial charge on any atom is -0.484 e. The molecule has 0 saturated carbocycles. The molecule has 0 aromatic heterocycles. The molecule has 1 aliphatic rings. The van der Waals surface area contributed by atoms with Gasteiger partial charge in [-0.3, -0.25) is 9.59 Å². The average molecular weight is 314 g/mol. The molecule has 0 aliphatic carbocycles. The Morgan fingerprint density at radius 3 is 2.62 bits per heavy atom. The largest absolute Gasteiger partial charge is 0.484 e. The van der Waals surface area contributed by atoms with Crippen molar-refractivity contribution in [3.8, 4) is 5.75 Å². The van der Waals surface area contributed by atoms with E-state index in [-0.39, 0.29) is 31.0 Å². The fourth-order valence-corrected chi connectivity index (χ4v) is 2.16. The van der Waals surface area contributed by atoms with Gasteiger partial charge in [0.25, 0.3) is 11.8 Å². The second-order valence-corrected chi connectivity index (χ2v) is 4.83. The van der Waals surface area contributed by atoms with E-state index in [1.165, 1.54) is 0 Å². The van der Waals surface area contributed by atoms with Crippen molar-refractivity contribution >= 4 is 24.2 Å². The maximum absolute atomic E-state index is 12.4. The minimum absolute atomic E-state index is 0. The van der Waals surface area contributed by atoms with E-state index >= 15 is 0 Å². The highest BCUT2D eigenvalue weighted by Gasteiger charge is 2.23. The second kappa shape index (κ2) is 7.85. The highest BCUT2D eigenvalue weighted by Crippen LogP contribution is 2.15. The van der Waals surface area contributed by atoms with Gasteiger partial charge >= 0.3 is 0 Å². The zero-order chi connectivity index (χ0) is 14.5. The molecule has 0 unspecified atom stereocenters. The molecule has 0 radical (unpaired) electrons. The van der Waals surface area contributed by atoms with Crippen LogP contribution >= 0.6 is 12.4 Å². The molecule has 2 amide bonds. The Morgan fingerprint density at radius 1 is 1.38 bits per heavy atom. The average Bonchev–Trinajstić information content (AvgIpc) is 2.45. The Hall–Kier alpha value is -1.79. The number of amides is 2. The molecule has 1 aromatic carbocycles. The lowest BCUT2D eigenvalue weighted by atomic mass is 10.1. The van der Waals surface area contributed by atoms with E-state index in [9.17, 15) is 9.59 Å². The number of primary amides is 1. The molecular weight excluding hydrogens is 294 g/mol. The first-order valence-corrected chi connectivity index (χ1v) is 6.61. The molecule has 3 N–H and O–H groups in total. The zero-order valence-electron chi connectivity index (χ0n) is 11.9. The molecule has 1 fully saturated rings. The lowest BCUT2D eigenvalue weighted by Gasteiger charge is -2.34. The third-order valence-corrected chi connectivity index (χ3v) is 3.24. The molecule has 1 heterocycles. The monoisotopic (exact) mass is 313 g/mol. The van der Waals surface area contributed by atoms with Gasteiger partial charge in [-0.05, 0) is 31.2 Å². The van der Waals surface area contributed by atoms with Crippen LogP contribution in [0.2, 0.25) is 0 Å². The minimum atomic E-state index is -0.528. The predicted molar refractivity (Wildman–Crippen MR) is 81.7 cm³/mol. The highest BCUT2D eigenvalue weighted by atomic mass is 35.5. The fraction of sp³-hybridized carbons (Fsp3) is 0.429. The Morgan fingerprint density at radius 2 is 2.05 bits per heavy atom. The van der Waals surface area contributed by atoms with Gasteiger partial charge in [-0.25, -0.2) is 0 Å². The number of nitrogens with two attached hydrogens (primary N) is 1. The van der Waals surface area contributed by atoms with Gasteiger partial charge in [-0.1, -0.05) is 0 Å². The van der Waals surface area contributed by atoms with Crippen molar-refractivity contribution < 1.29 is 14.3 Å². The first kappa shape index (κ1) is 17.3. The van der Waals surface area contributed by atoms with Crippen LogP contribution < -0.4 is 15.8 Å². The van der Waals surface area contributed by atoms with Crippen LogP contribution in [-0.2, 0) is 4.79 Å². The van der Waals surface area contributed by atoms with Crippen molar-refractivity contribution in [2.75, 3.05) is 26.2 Å². The van der Waals surface area contributed by atoms with Gasteiger partial charge in [-0.2, -0.15) is 0 Å². The van der Waals surface area contributed by atoms with Crippen LogP contribution in [0.25, 0.3) is 0 Å². The summed E-state index contributed by atoms with van der Waals surface area (Å²) in [6.07, 6.45) is 0. The molecule has 21 heavy (non-hydrogen) atoms. The molecule has 1 atom stereocenters. The number of piperazine rings is 1. The molecular formula is C14H20ClN3O3. The summed E-state index contributed by atoms with van der Waals surface area (Å²) in [5.41, 5.74) is 5.62. The zero-order valence-corrected chi connectivity index (χ0v) is 12.7. The van der Waals surface area contributed by atoms with E-state index in [1.54, 1.807) is 24.3 Å². The van der Waals surface area contributed by atoms with Crippen LogP contribution in [0.1, 0.15) is 17.3 Å². The SMILES string of the molecule is C[C@@H]1CNCCN1C(=O)c1ccc(OCC(N)=O)cc1.Cl. The number of rotatable bonds is 4. The molecule has 6 nitrogen and oxygen atoms in total. The topological polar surface area (TPSA) is 84.7 Å². The number of halogens is 1. The van der Waals surface area contributed by atoms with Crippen LogP contribution in [0.4, 0.5) is 0 Å². The van der Waals surface area contributed by atoms with E-state index in [0.717, 1.165) is 13.1 Å². The Bertz CT molecular complexity index is 493. The van der Waals surface area contributed by atoms with E-state index in [1.807, 2.05) is 11.8 Å². The molecule has 0 spiro atoms. The van der Waals surface area contributed by atoms with Crippen molar-refractivity contribution in [1.29, 1.82) is 0 Å². The smallest absolute Gasteiger partial charge is 0.255 e. The van der Waals surface area contributed by atoms with Crippen LogP contribution in [0.15, 0.2) is 24.3 Å². The van der Waals surface area contributed by atoms with Crippen LogP contribution in [-0.4, -0.2) is 49.0 Å². The Balaban J connectivity index is 0.00000220. The van der Waals surface area contributed by atoms with Gasteiger partial charge in [0.2, 0.25) is 0 Å². The molecule has 1 aliphatic heterocycles. The van der Waals surface area contributed by atoms with Crippen LogP contribution in [0.5, 0.6) is 5.75 Å². The van der Waals surface area contributed by atoms with Crippen LogP contribution in [0.3, 0.4) is 0 Å². The van der Waals surface area contributed by atoms with Gasteiger partial charge < -0.3 is 20.7 Å². The second-order valence-electron chi connectivity index (χ2n) is 4.83. The number of carbonyl (C=O) groups is 2. The maximum atomic E-state index is 12.4. The standard InChI is InChI=1S/C14H19N3O3.ClH/c1-10-8-16-6-7-17(10)14(19)11-2-4-12(5-3-11)20-9-13(15)18;/h2-5,10,16H,6-9H2,1H3,(H2,15,18);1H/t10-;/m1./s1. The fourth-order valence-electron chi connectivity index (χ4n) is 2.16. The molecule has 2 rings (SSSR count). The van der Waals surface area contributed by atoms with E-state index in [2.05, 4.69) is 5.32 Å². The van der Waals surface area contributed by atoms with Crippen molar-refractivity contribution in [2.24, 2.45) is 5.73 Å². The summed E-state index contributed by atoms with van der Waals surface area (Å²) in [5, 5.41) is 3.25. The maximum Gasteiger partial charge on any atom is 0.255 e. The lowest BCUT2D eigenvalue weighted by molar-refractivity contribution is -0.119. The number of ether oxygens (including phenoxy) is 1. The van der Waals surface area contributed by atoms with Crippen molar-refractivity contribution in [2.45, 2.75) is 13.0 Å². The Kier molecular flexibility index (Phi) is 6.45. The van der Waals surface area contributed by atoms with Gasteiger partial charge in [0.05, 0.1) is 0 Å². The van der Waals surface area contributed by atoms with Crippen LogP contribution in [0, 0.1) is 0 Å². The number of hydrogen-bond donors (Lipinski definition) is 2. The normalized spacial score (nSPS) is 17.8. The summed E-state index contributed by atoms with van der Waals surface area (Å²) >= 11 is 0. The Labute approximate surface area is 130 Å². The third-order valence-electron chi connectivity index (χ3n) is 3.24. The number of carbonyl (C=O) groups excluding carboxylic acids is 2. The van der Waals surface area contributed by atoms with Gasteiger partial charge in [0.15, 0.2) is 6.61 Å². The molecule has 116 valence electrons. The summed E-state index contributed by atoms with van der Waals surface area (Å²) < 4.78 is 5.16. The lowest BCUT2D eigenvalue weighted by Crippen LogP contribution is -2.52. The molecule has 7 heteroatoms. The molecule has 1 aromatic rings. The first-order valence-electron chi connectivity index (χ1n) is 6.61. The molecule has 0 bridgehead atoms. The number of nitrogens with zero attached hydrogens (tertiary/aromatic N) is 1. The number of hydrogen-bond acceptors (Lipinski definition) is 4. The van der Waals surface area contributed by atoms with E-state index < -0.39 is 5.91 Å². The summed E-state index contributed by atoms with van der Waals surface area (Å²) in [5.74, 6) is 0.00829. The van der Waals surface area contributed by atoms with Gasteiger partial charge in [0.1, 0.15) is 5.75 Å². The van der Waals surface area contributed by atoms with Crippen molar-refractivity contribution in [3.05, 3.63) is 29.8 Å². The third kappa shape index (κ3) is 4.61. The van der Waals surface area contributed by atoms with Gasteiger partial charge in [0, 0.05) is 31.2 Å². The van der Waals surface area contributed by atoms with Gasteiger partial charge in [-0.15, -0.1) is 12.4 Å². The summed E-state index contributed by atoms with van der Waals surface area (Å²) in [6.45, 7) is 4.19. The highest BCUT2D eigenvalue weighted by molar-refractivity contribution is 5.94. The quantitative estimate of drug-likeness (QED) is 0.843. The predicted octanol–water partition coefficient (Wildman–Crippen LogP) is 0.406. The summed E-state index contributed by atoms with van der Waals surface area (Å²) in [7, 11) is 0. The van der Waals surface area contributed by atoms with Crippen molar-refractivity contribution in [1.82, 2.24) is 10.2 Å². The molecule has 1 saturated heterocycles. The van der Waals surface area contributed by atoms with E-state index in [0.29, 0.717) is 17.9 Å². The summed E-state index contributed by atoms with van der Waals surface area (Å²) in [6, 6.07) is 6.93. The first-order chi connectivity index (χ1) is 9.58. The van der Waals surface area contributed by atoms with E-state index in [4.69, 9.17) is 10.5 Å².